The van der Waals surface area contributed by atoms with Crippen molar-refractivity contribution in [2.45, 2.75) is 44.9 Å². The molecule has 2 fully saturated rings. The monoisotopic (exact) mass is 198 g/mol. The van der Waals surface area contributed by atoms with Crippen LogP contribution in [0.3, 0.4) is 0 Å². The quantitative estimate of drug-likeness (QED) is 0.682. The number of amides is 1. The smallest absolute Gasteiger partial charge is 0.410 e. The molecule has 0 aromatic rings. The van der Waals surface area contributed by atoms with Crippen LogP contribution in [0.4, 0.5) is 4.79 Å². The molecule has 0 aliphatic carbocycles. The second kappa shape index (κ2) is 3.77. The predicted octanol–water partition coefficient (Wildman–Crippen LogP) is 0.968. The summed E-state index contributed by atoms with van der Waals surface area (Å²) >= 11 is 0. The van der Waals surface area contributed by atoms with E-state index in [0.29, 0.717) is 12.1 Å². The number of hydrogen-bond acceptors (Lipinski definition) is 3. The van der Waals surface area contributed by atoms with Crippen LogP contribution < -0.4 is 5.32 Å². The van der Waals surface area contributed by atoms with Crippen LogP contribution in [0.1, 0.15) is 26.7 Å². The Morgan fingerprint density at radius 2 is 1.93 bits per heavy atom. The minimum Gasteiger partial charge on any atom is -0.447 e. The van der Waals surface area contributed by atoms with Crippen molar-refractivity contribution in [3.8, 4) is 0 Å². The highest BCUT2D eigenvalue weighted by Crippen LogP contribution is 2.27. The number of piperazine rings is 1. The average Bonchev–Trinajstić information content (AvgIpc) is 2.36. The van der Waals surface area contributed by atoms with E-state index in [9.17, 15) is 4.79 Å². The van der Waals surface area contributed by atoms with Gasteiger partial charge >= 0.3 is 6.09 Å². The lowest BCUT2D eigenvalue weighted by Crippen LogP contribution is -2.54. The predicted molar refractivity (Wildman–Crippen MR) is 53.1 cm³/mol. The lowest BCUT2D eigenvalue weighted by atomic mass is 10.2. The minimum absolute atomic E-state index is 0.0169. The van der Waals surface area contributed by atoms with Gasteiger partial charge in [0.05, 0.1) is 6.10 Å². The Labute approximate surface area is 84.6 Å². The lowest BCUT2D eigenvalue weighted by Gasteiger charge is -2.34. The van der Waals surface area contributed by atoms with Gasteiger partial charge in [0, 0.05) is 25.2 Å². The van der Waals surface area contributed by atoms with Gasteiger partial charge in [0.2, 0.25) is 0 Å². The first-order valence-electron chi connectivity index (χ1n) is 5.38. The first kappa shape index (κ1) is 9.77. The summed E-state index contributed by atoms with van der Waals surface area (Å²) in [6.07, 6.45) is 2.08. The molecular formula is C10H18N2O2. The molecule has 2 atom stereocenters. The molecule has 0 radical (unpaired) electrons. The highest BCUT2D eigenvalue weighted by molar-refractivity contribution is 5.69. The van der Waals surface area contributed by atoms with Crippen LogP contribution in [0.5, 0.6) is 0 Å². The van der Waals surface area contributed by atoms with E-state index in [-0.39, 0.29) is 12.2 Å². The van der Waals surface area contributed by atoms with Crippen LogP contribution in [0.15, 0.2) is 0 Å². The Morgan fingerprint density at radius 3 is 2.43 bits per heavy atom. The Morgan fingerprint density at radius 1 is 1.36 bits per heavy atom. The molecular weight excluding hydrogens is 180 g/mol. The van der Waals surface area contributed by atoms with Crippen LogP contribution >= 0.6 is 0 Å². The summed E-state index contributed by atoms with van der Waals surface area (Å²) in [6, 6.07) is 0.722. The normalized spacial score (nSPS) is 30.9. The van der Waals surface area contributed by atoms with Gasteiger partial charge in [0.25, 0.3) is 0 Å². The van der Waals surface area contributed by atoms with E-state index in [0.717, 1.165) is 25.9 Å². The molecule has 1 amide bonds. The number of fused-ring (bicyclic) bond motifs is 2. The van der Waals surface area contributed by atoms with E-state index in [2.05, 4.69) is 5.32 Å². The number of carbonyl (C=O) groups is 1. The second-order valence-electron chi connectivity index (χ2n) is 4.38. The van der Waals surface area contributed by atoms with Gasteiger partial charge in [-0.1, -0.05) is 0 Å². The van der Waals surface area contributed by atoms with Crippen molar-refractivity contribution >= 4 is 6.09 Å². The van der Waals surface area contributed by atoms with E-state index < -0.39 is 0 Å². The highest BCUT2D eigenvalue weighted by Gasteiger charge is 2.40. The fourth-order valence-electron chi connectivity index (χ4n) is 2.34. The number of nitrogens with zero attached hydrogens (tertiary/aromatic N) is 1. The maximum absolute atomic E-state index is 11.7. The number of carbonyl (C=O) groups excluding carboxylic acids is 1. The molecule has 4 nitrogen and oxygen atoms in total. The van der Waals surface area contributed by atoms with Crippen LogP contribution in [0.25, 0.3) is 0 Å². The fraction of sp³-hybridized carbons (Fsp3) is 0.900. The number of hydrogen-bond donors (Lipinski definition) is 1. The van der Waals surface area contributed by atoms with Crippen molar-refractivity contribution in [2.75, 3.05) is 13.1 Å². The zero-order chi connectivity index (χ0) is 10.1. The summed E-state index contributed by atoms with van der Waals surface area (Å²) in [7, 11) is 0. The number of ether oxygens (including phenoxy) is 1. The molecule has 0 spiro atoms. The molecule has 2 heterocycles. The van der Waals surface area contributed by atoms with Crippen molar-refractivity contribution in [2.24, 2.45) is 0 Å². The molecule has 0 aromatic heterocycles. The van der Waals surface area contributed by atoms with Crippen molar-refractivity contribution in [3.63, 3.8) is 0 Å². The van der Waals surface area contributed by atoms with Crippen molar-refractivity contribution in [1.82, 2.24) is 10.2 Å². The van der Waals surface area contributed by atoms with Crippen LogP contribution in [-0.4, -0.2) is 42.3 Å². The summed E-state index contributed by atoms with van der Waals surface area (Å²) < 4.78 is 5.23. The molecule has 80 valence electrons. The van der Waals surface area contributed by atoms with E-state index in [1.807, 2.05) is 18.7 Å². The van der Waals surface area contributed by atoms with Gasteiger partial charge < -0.3 is 10.1 Å². The first-order valence-corrected chi connectivity index (χ1v) is 5.38. The minimum atomic E-state index is -0.131. The van der Waals surface area contributed by atoms with E-state index >= 15 is 0 Å². The van der Waals surface area contributed by atoms with Crippen LogP contribution in [-0.2, 0) is 4.74 Å². The zero-order valence-corrected chi connectivity index (χ0v) is 8.82. The second-order valence-corrected chi connectivity index (χ2v) is 4.38. The Bertz CT molecular complexity index is 214. The Balaban J connectivity index is 2.00. The molecule has 2 aliphatic heterocycles. The largest absolute Gasteiger partial charge is 0.447 e. The molecule has 0 aromatic carbocycles. The molecule has 2 unspecified atom stereocenters. The van der Waals surface area contributed by atoms with Gasteiger partial charge in [-0.2, -0.15) is 0 Å². The molecule has 2 rings (SSSR count). The Kier molecular flexibility index (Phi) is 2.63. The van der Waals surface area contributed by atoms with Gasteiger partial charge in [-0.15, -0.1) is 0 Å². The summed E-state index contributed by atoms with van der Waals surface area (Å²) in [5.74, 6) is 0. The Hall–Kier alpha value is -0.770. The van der Waals surface area contributed by atoms with Crippen LogP contribution in [0, 0.1) is 0 Å². The zero-order valence-electron chi connectivity index (χ0n) is 8.82. The van der Waals surface area contributed by atoms with Crippen LogP contribution in [0.2, 0.25) is 0 Å². The maximum atomic E-state index is 11.7. The van der Waals surface area contributed by atoms with E-state index in [1.54, 1.807) is 0 Å². The molecule has 2 aliphatic rings. The molecule has 4 heteroatoms. The summed E-state index contributed by atoms with van der Waals surface area (Å²) in [5, 5.41) is 3.34. The van der Waals surface area contributed by atoms with Gasteiger partial charge in [0.15, 0.2) is 0 Å². The van der Waals surface area contributed by atoms with Gasteiger partial charge in [-0.25, -0.2) is 4.79 Å². The molecule has 2 bridgehead atoms. The first-order chi connectivity index (χ1) is 6.68. The van der Waals surface area contributed by atoms with E-state index in [1.165, 1.54) is 0 Å². The van der Waals surface area contributed by atoms with Crippen molar-refractivity contribution in [1.29, 1.82) is 0 Å². The third-order valence-corrected chi connectivity index (χ3v) is 2.93. The van der Waals surface area contributed by atoms with Gasteiger partial charge in [0.1, 0.15) is 0 Å². The number of nitrogens with one attached hydrogen (secondary N) is 1. The standard InChI is InChI=1S/C10H18N2O2/c1-7(2)14-10(13)12-8-3-4-9(12)6-11-5-8/h7-9,11H,3-6H2,1-2H3. The lowest BCUT2D eigenvalue weighted by molar-refractivity contribution is 0.0538. The summed E-state index contributed by atoms with van der Waals surface area (Å²) in [4.78, 5) is 13.7. The topological polar surface area (TPSA) is 41.6 Å². The van der Waals surface area contributed by atoms with Crippen molar-refractivity contribution < 1.29 is 9.53 Å². The van der Waals surface area contributed by atoms with Crippen molar-refractivity contribution in [3.05, 3.63) is 0 Å². The average molecular weight is 198 g/mol. The summed E-state index contributed by atoms with van der Waals surface area (Å²) in [6.45, 7) is 5.62. The summed E-state index contributed by atoms with van der Waals surface area (Å²) in [5.41, 5.74) is 0. The van der Waals surface area contributed by atoms with E-state index in [4.69, 9.17) is 4.74 Å². The van der Waals surface area contributed by atoms with Gasteiger partial charge in [-0.3, -0.25) is 4.90 Å². The third-order valence-electron chi connectivity index (χ3n) is 2.93. The molecule has 1 N–H and O–H groups in total. The third kappa shape index (κ3) is 1.71. The molecule has 0 saturated carbocycles. The number of rotatable bonds is 1. The molecule has 14 heavy (non-hydrogen) atoms. The van der Waals surface area contributed by atoms with Gasteiger partial charge in [-0.05, 0) is 26.7 Å². The molecule has 2 saturated heterocycles. The fourth-order valence-corrected chi connectivity index (χ4v) is 2.34. The highest BCUT2D eigenvalue weighted by atomic mass is 16.6. The maximum Gasteiger partial charge on any atom is 0.410 e. The SMILES string of the molecule is CC(C)OC(=O)N1C2CCC1CNC2.